The van der Waals surface area contributed by atoms with Crippen LogP contribution in [0.3, 0.4) is 0 Å². The molecule has 0 unspecified atom stereocenters. The molecule has 1 fully saturated rings. The van der Waals surface area contributed by atoms with Gasteiger partial charge in [0.25, 0.3) is 5.91 Å². The van der Waals surface area contributed by atoms with Crippen LogP contribution in [-0.4, -0.2) is 44.9 Å². The van der Waals surface area contributed by atoms with E-state index in [0.29, 0.717) is 22.1 Å². The molecule has 3 N–H and O–H groups in total. The van der Waals surface area contributed by atoms with Crippen LogP contribution in [0.1, 0.15) is 16.1 Å². The number of urea groups is 1. The maximum atomic E-state index is 12.8. The molecule has 1 aliphatic heterocycles. The zero-order valence-corrected chi connectivity index (χ0v) is 17.7. The topological polar surface area (TPSA) is 121 Å². The number of hydrogen-bond donors (Lipinski definition) is 3. The van der Waals surface area contributed by atoms with Gasteiger partial charge < -0.3 is 20.3 Å². The van der Waals surface area contributed by atoms with Gasteiger partial charge in [-0.1, -0.05) is 17.7 Å². The minimum absolute atomic E-state index is 0.00590. The maximum absolute atomic E-state index is 12.8. The number of carboxylic acids is 1. The molecule has 33 heavy (non-hydrogen) atoms. The van der Waals surface area contributed by atoms with Crippen LogP contribution in [0.5, 0.6) is 0 Å². The van der Waals surface area contributed by atoms with Crippen molar-refractivity contribution in [2.75, 3.05) is 11.9 Å². The third-order valence-electron chi connectivity index (χ3n) is 4.84. The van der Waals surface area contributed by atoms with Gasteiger partial charge >= 0.3 is 12.0 Å². The highest BCUT2D eigenvalue weighted by atomic mass is 35.5. The number of hydrogen-bond acceptors (Lipinski definition) is 4. The summed E-state index contributed by atoms with van der Waals surface area (Å²) < 4.78 is 1.68. The first-order valence-electron chi connectivity index (χ1n) is 9.73. The number of imide groups is 1. The van der Waals surface area contributed by atoms with Crippen molar-refractivity contribution in [1.29, 1.82) is 0 Å². The van der Waals surface area contributed by atoms with Gasteiger partial charge in [-0.2, -0.15) is 0 Å². The van der Waals surface area contributed by atoms with E-state index >= 15 is 0 Å². The average Bonchev–Trinajstić information content (AvgIpc) is 3.35. The van der Waals surface area contributed by atoms with Crippen LogP contribution in [0.4, 0.5) is 10.5 Å². The van der Waals surface area contributed by atoms with Crippen LogP contribution in [0.2, 0.25) is 5.02 Å². The molecular formula is C23H17ClN4O5. The van der Waals surface area contributed by atoms with E-state index in [1.54, 1.807) is 59.3 Å². The number of anilines is 1. The summed E-state index contributed by atoms with van der Waals surface area (Å²) >= 11 is 5.82. The number of aromatic nitrogens is 1. The number of halogens is 1. The predicted molar refractivity (Wildman–Crippen MR) is 121 cm³/mol. The van der Waals surface area contributed by atoms with Gasteiger partial charge in [0.15, 0.2) is 0 Å². The number of aromatic carboxylic acids is 1. The normalized spacial score (nSPS) is 14.5. The van der Waals surface area contributed by atoms with E-state index in [1.807, 2.05) is 0 Å². The summed E-state index contributed by atoms with van der Waals surface area (Å²) in [6, 6.07) is 15.4. The van der Waals surface area contributed by atoms with Gasteiger partial charge in [0.05, 0.1) is 5.56 Å². The van der Waals surface area contributed by atoms with Crippen molar-refractivity contribution in [3.63, 3.8) is 0 Å². The van der Waals surface area contributed by atoms with Crippen molar-refractivity contribution in [1.82, 2.24) is 14.8 Å². The average molecular weight is 465 g/mol. The minimum Gasteiger partial charge on any atom is -0.478 e. The Labute approximate surface area is 192 Å². The second-order valence-electron chi connectivity index (χ2n) is 7.09. The van der Waals surface area contributed by atoms with Gasteiger partial charge in [-0.3, -0.25) is 9.59 Å². The van der Waals surface area contributed by atoms with Crippen LogP contribution in [0, 0.1) is 0 Å². The van der Waals surface area contributed by atoms with E-state index in [0.717, 1.165) is 4.90 Å². The van der Waals surface area contributed by atoms with Gasteiger partial charge in [0, 0.05) is 28.3 Å². The third-order valence-corrected chi connectivity index (χ3v) is 5.09. The van der Waals surface area contributed by atoms with Gasteiger partial charge in [-0.05, 0) is 60.7 Å². The summed E-state index contributed by atoms with van der Waals surface area (Å²) in [5.41, 5.74) is 1.70. The monoisotopic (exact) mass is 464 g/mol. The van der Waals surface area contributed by atoms with E-state index < -0.39 is 30.4 Å². The Morgan fingerprint density at radius 1 is 1.06 bits per heavy atom. The molecule has 1 aliphatic rings. The van der Waals surface area contributed by atoms with Crippen molar-refractivity contribution in [2.24, 2.45) is 0 Å². The Balaban J connectivity index is 1.51. The third kappa shape index (κ3) is 4.78. The van der Waals surface area contributed by atoms with Crippen LogP contribution in [-0.2, 0) is 9.59 Å². The Bertz CT molecular complexity index is 1300. The fourth-order valence-electron chi connectivity index (χ4n) is 3.28. The number of carboxylic acid groups (broad SMARTS) is 1. The summed E-state index contributed by atoms with van der Waals surface area (Å²) in [4.78, 5) is 49.4. The highest BCUT2D eigenvalue weighted by molar-refractivity contribution is 6.30. The number of carbonyl (C=O) groups excluding carboxylic acids is 3. The second kappa shape index (κ2) is 9.01. The van der Waals surface area contributed by atoms with Crippen LogP contribution in [0.25, 0.3) is 11.8 Å². The molecule has 0 spiro atoms. The van der Waals surface area contributed by atoms with Crippen LogP contribution >= 0.6 is 11.6 Å². The molecule has 0 saturated carbocycles. The smallest absolute Gasteiger partial charge is 0.335 e. The second-order valence-corrected chi connectivity index (χ2v) is 7.53. The van der Waals surface area contributed by atoms with E-state index in [1.165, 1.54) is 18.2 Å². The van der Waals surface area contributed by atoms with Crippen molar-refractivity contribution >= 4 is 47.2 Å². The Kier molecular flexibility index (Phi) is 5.97. The Morgan fingerprint density at radius 3 is 2.55 bits per heavy atom. The van der Waals surface area contributed by atoms with Crippen molar-refractivity contribution in [3.05, 3.63) is 88.8 Å². The predicted octanol–water partition coefficient (Wildman–Crippen LogP) is 3.36. The van der Waals surface area contributed by atoms with Gasteiger partial charge in [-0.25, -0.2) is 14.5 Å². The molecule has 0 atom stereocenters. The van der Waals surface area contributed by atoms with Crippen molar-refractivity contribution in [2.45, 2.75) is 0 Å². The molecule has 3 aromatic rings. The summed E-state index contributed by atoms with van der Waals surface area (Å²) in [6.07, 6.45) is 3.16. The quantitative estimate of drug-likeness (QED) is 0.381. The first-order chi connectivity index (χ1) is 15.8. The number of amides is 4. The summed E-state index contributed by atoms with van der Waals surface area (Å²) in [6.45, 7) is -0.466. The molecule has 1 aromatic heterocycles. The molecule has 4 amide bonds. The molecule has 2 aromatic carbocycles. The van der Waals surface area contributed by atoms with Gasteiger partial charge in [0.2, 0.25) is 5.91 Å². The molecule has 0 radical (unpaired) electrons. The molecule has 10 heteroatoms. The van der Waals surface area contributed by atoms with Crippen LogP contribution < -0.4 is 10.6 Å². The standard InChI is InChI=1S/C23H17ClN4O5/c24-15-6-8-16(9-7-15)25-20(29)13-28-21(30)19(26-23(28)33)12-18-5-2-10-27(18)17-4-1-3-14(11-17)22(31)32/h1-12H,13H2,(H,25,29)(H,26,33)(H,31,32)/b19-12+. The van der Waals surface area contributed by atoms with Crippen molar-refractivity contribution < 1.29 is 24.3 Å². The van der Waals surface area contributed by atoms with E-state index in [9.17, 15) is 24.3 Å². The number of rotatable bonds is 6. The molecule has 0 bridgehead atoms. The first-order valence-corrected chi connectivity index (χ1v) is 10.1. The Hall–Kier alpha value is -4.37. The molecule has 9 nitrogen and oxygen atoms in total. The molecule has 166 valence electrons. The molecule has 1 saturated heterocycles. The van der Waals surface area contributed by atoms with E-state index in [2.05, 4.69) is 10.6 Å². The zero-order valence-electron chi connectivity index (χ0n) is 17.0. The fraction of sp³-hybridized carbons (Fsp3) is 0.0435. The molecule has 2 heterocycles. The lowest BCUT2D eigenvalue weighted by molar-refractivity contribution is -0.127. The number of nitrogens with one attached hydrogen (secondary N) is 2. The van der Waals surface area contributed by atoms with E-state index in [-0.39, 0.29) is 11.3 Å². The Morgan fingerprint density at radius 2 is 1.82 bits per heavy atom. The maximum Gasteiger partial charge on any atom is 0.335 e. The first kappa shape index (κ1) is 21.8. The lowest BCUT2D eigenvalue weighted by Gasteiger charge is -2.12. The molecule has 0 aliphatic carbocycles. The van der Waals surface area contributed by atoms with Gasteiger partial charge in [-0.15, -0.1) is 0 Å². The summed E-state index contributed by atoms with van der Waals surface area (Å²) in [5, 5.41) is 14.8. The lowest BCUT2D eigenvalue weighted by atomic mass is 10.2. The summed E-state index contributed by atoms with van der Waals surface area (Å²) in [7, 11) is 0. The fourth-order valence-corrected chi connectivity index (χ4v) is 3.40. The summed E-state index contributed by atoms with van der Waals surface area (Å²) in [5.74, 6) is -2.26. The zero-order chi connectivity index (χ0) is 23.5. The molecular weight excluding hydrogens is 448 g/mol. The largest absolute Gasteiger partial charge is 0.478 e. The SMILES string of the molecule is O=C(CN1C(=O)N/C(=C/c2cccn2-c2cccc(C(=O)O)c2)C1=O)Nc1ccc(Cl)cc1. The van der Waals surface area contributed by atoms with Crippen molar-refractivity contribution in [3.8, 4) is 5.69 Å². The van der Waals surface area contributed by atoms with Crippen LogP contribution in [0.15, 0.2) is 72.6 Å². The number of nitrogens with zero attached hydrogens (tertiary/aromatic N) is 2. The van der Waals surface area contributed by atoms with Gasteiger partial charge in [0.1, 0.15) is 12.2 Å². The minimum atomic E-state index is -1.06. The number of benzene rings is 2. The lowest BCUT2D eigenvalue weighted by Crippen LogP contribution is -2.38. The molecule has 4 rings (SSSR count). The highest BCUT2D eigenvalue weighted by Gasteiger charge is 2.35. The highest BCUT2D eigenvalue weighted by Crippen LogP contribution is 2.20. The van der Waals surface area contributed by atoms with E-state index in [4.69, 9.17) is 11.6 Å². The number of carbonyl (C=O) groups is 4.